The summed E-state index contributed by atoms with van der Waals surface area (Å²) in [5.74, 6) is 2.05. The van der Waals surface area contributed by atoms with E-state index in [0.29, 0.717) is 11.8 Å². The smallest absolute Gasteiger partial charge is 0.223 e. The van der Waals surface area contributed by atoms with Crippen LogP contribution in [0, 0.1) is 6.92 Å². The van der Waals surface area contributed by atoms with Crippen LogP contribution in [0.1, 0.15) is 44.3 Å². The van der Waals surface area contributed by atoms with Crippen molar-refractivity contribution in [3.63, 3.8) is 0 Å². The molecule has 4 nitrogen and oxygen atoms in total. The van der Waals surface area contributed by atoms with Crippen molar-refractivity contribution in [2.45, 2.75) is 39.5 Å². The standard InChI is InChI=1S/C8H14N3OP.C2H6/c1-6-9-8(10-12-6)7-2-4-11(13)5-3-7;1-2/h7H,2-5,13H2,1H3;1-2H3. The third-order valence-corrected chi connectivity index (χ3v) is 2.95. The van der Waals surface area contributed by atoms with E-state index in [9.17, 15) is 0 Å². The van der Waals surface area contributed by atoms with Crippen LogP contribution in [0.2, 0.25) is 0 Å². The zero-order chi connectivity index (χ0) is 11.3. The van der Waals surface area contributed by atoms with Gasteiger partial charge < -0.3 is 4.52 Å². The highest BCUT2D eigenvalue weighted by Gasteiger charge is 2.22. The van der Waals surface area contributed by atoms with E-state index >= 15 is 0 Å². The molecule has 0 amide bonds. The Morgan fingerprint density at radius 1 is 1.33 bits per heavy atom. The molecule has 0 radical (unpaired) electrons. The van der Waals surface area contributed by atoms with Crippen molar-refractivity contribution in [3.05, 3.63) is 11.7 Å². The van der Waals surface area contributed by atoms with Gasteiger partial charge in [-0.2, -0.15) is 4.98 Å². The molecule has 2 heterocycles. The molecule has 1 aromatic rings. The van der Waals surface area contributed by atoms with E-state index in [1.807, 2.05) is 20.8 Å². The lowest BCUT2D eigenvalue weighted by molar-refractivity contribution is 0.324. The van der Waals surface area contributed by atoms with Crippen molar-refractivity contribution in [1.82, 2.24) is 14.8 Å². The normalized spacial score (nSPS) is 18.4. The molecule has 1 saturated heterocycles. The Labute approximate surface area is 93.7 Å². The second-order valence-corrected chi connectivity index (χ2v) is 4.21. The first-order chi connectivity index (χ1) is 7.25. The molecule has 1 aromatic heterocycles. The van der Waals surface area contributed by atoms with Gasteiger partial charge in [-0.25, -0.2) is 0 Å². The molecular formula is C10H20N3OP. The summed E-state index contributed by atoms with van der Waals surface area (Å²) >= 11 is 0. The number of hydrogen-bond donors (Lipinski definition) is 0. The molecular weight excluding hydrogens is 209 g/mol. The molecule has 1 aliphatic heterocycles. The first-order valence-corrected chi connectivity index (χ1v) is 6.07. The van der Waals surface area contributed by atoms with Gasteiger partial charge in [-0.3, -0.25) is 4.67 Å². The van der Waals surface area contributed by atoms with Crippen molar-refractivity contribution >= 4 is 9.39 Å². The molecule has 0 bridgehead atoms. The molecule has 0 saturated carbocycles. The van der Waals surface area contributed by atoms with Crippen LogP contribution >= 0.6 is 9.39 Å². The molecule has 15 heavy (non-hydrogen) atoms. The fraction of sp³-hybridized carbons (Fsp3) is 0.800. The molecule has 1 aliphatic rings. The molecule has 0 N–H and O–H groups in total. The van der Waals surface area contributed by atoms with Gasteiger partial charge in [0.2, 0.25) is 5.89 Å². The number of aryl methyl sites for hydroxylation is 1. The first kappa shape index (κ1) is 12.6. The monoisotopic (exact) mass is 229 g/mol. The van der Waals surface area contributed by atoms with Crippen LogP contribution in [0.5, 0.6) is 0 Å². The Balaban J connectivity index is 0.000000531. The van der Waals surface area contributed by atoms with Crippen molar-refractivity contribution in [3.8, 4) is 0 Å². The zero-order valence-electron chi connectivity index (χ0n) is 9.73. The van der Waals surface area contributed by atoms with Crippen LogP contribution < -0.4 is 0 Å². The Morgan fingerprint density at radius 2 is 1.93 bits per heavy atom. The summed E-state index contributed by atoms with van der Waals surface area (Å²) in [5, 5.41) is 3.95. The number of nitrogens with zero attached hydrogens (tertiary/aromatic N) is 3. The second-order valence-electron chi connectivity index (χ2n) is 3.48. The summed E-state index contributed by atoms with van der Waals surface area (Å²) in [5.41, 5.74) is 0. The van der Waals surface area contributed by atoms with Gasteiger partial charge in [-0.1, -0.05) is 28.4 Å². The van der Waals surface area contributed by atoms with E-state index in [1.54, 1.807) is 0 Å². The molecule has 86 valence electrons. The van der Waals surface area contributed by atoms with Crippen LogP contribution in [-0.4, -0.2) is 27.9 Å². The fourth-order valence-corrected chi connectivity index (χ4v) is 1.94. The van der Waals surface area contributed by atoms with Gasteiger partial charge in [0.1, 0.15) is 0 Å². The van der Waals surface area contributed by atoms with Gasteiger partial charge in [0, 0.05) is 25.9 Å². The van der Waals surface area contributed by atoms with Crippen LogP contribution in [0.15, 0.2) is 4.52 Å². The summed E-state index contributed by atoms with van der Waals surface area (Å²) in [6.07, 6.45) is 2.25. The summed E-state index contributed by atoms with van der Waals surface area (Å²) in [6.45, 7) is 8.03. The largest absolute Gasteiger partial charge is 0.340 e. The summed E-state index contributed by atoms with van der Waals surface area (Å²) in [7, 11) is 2.73. The van der Waals surface area contributed by atoms with Crippen molar-refractivity contribution in [1.29, 1.82) is 0 Å². The maximum absolute atomic E-state index is 4.96. The predicted molar refractivity (Wildman–Crippen MR) is 63.6 cm³/mol. The van der Waals surface area contributed by atoms with Crippen LogP contribution in [-0.2, 0) is 0 Å². The highest BCUT2D eigenvalue weighted by Crippen LogP contribution is 2.26. The van der Waals surface area contributed by atoms with Gasteiger partial charge in [0.15, 0.2) is 5.82 Å². The molecule has 1 atom stereocenters. The topological polar surface area (TPSA) is 42.2 Å². The molecule has 0 aliphatic carbocycles. The maximum Gasteiger partial charge on any atom is 0.223 e. The average molecular weight is 229 g/mol. The minimum absolute atomic E-state index is 0.495. The lowest BCUT2D eigenvalue weighted by Gasteiger charge is -2.26. The molecule has 5 heteroatoms. The predicted octanol–water partition coefficient (Wildman–Crippen LogP) is 2.37. The minimum Gasteiger partial charge on any atom is -0.340 e. The minimum atomic E-state index is 0.495. The number of rotatable bonds is 1. The lowest BCUT2D eigenvalue weighted by Crippen LogP contribution is -2.25. The van der Waals surface area contributed by atoms with Gasteiger partial charge in [0.05, 0.1) is 0 Å². The van der Waals surface area contributed by atoms with Crippen LogP contribution in [0.3, 0.4) is 0 Å². The summed E-state index contributed by atoms with van der Waals surface area (Å²) in [4.78, 5) is 4.26. The fourth-order valence-electron chi connectivity index (χ4n) is 1.64. The van der Waals surface area contributed by atoms with E-state index in [-0.39, 0.29) is 0 Å². The average Bonchev–Trinajstić information content (AvgIpc) is 2.69. The number of piperidine rings is 1. The number of aromatic nitrogens is 2. The molecule has 0 spiro atoms. The van der Waals surface area contributed by atoms with Gasteiger partial charge in [-0.05, 0) is 12.8 Å². The second kappa shape index (κ2) is 6.19. The third kappa shape index (κ3) is 3.54. The molecule has 1 fully saturated rings. The van der Waals surface area contributed by atoms with E-state index in [0.717, 1.165) is 31.8 Å². The molecule has 2 rings (SSSR count). The summed E-state index contributed by atoms with van der Waals surface area (Å²) in [6, 6.07) is 0. The SMILES string of the molecule is CC.Cc1nc(C2CCN(P)CC2)no1. The van der Waals surface area contributed by atoms with Crippen LogP contribution in [0.4, 0.5) is 0 Å². The highest BCUT2D eigenvalue weighted by atomic mass is 31.0. The van der Waals surface area contributed by atoms with Crippen molar-refractivity contribution < 1.29 is 4.52 Å². The Hall–Kier alpha value is -0.470. The summed E-state index contributed by atoms with van der Waals surface area (Å²) < 4.78 is 7.22. The van der Waals surface area contributed by atoms with E-state index < -0.39 is 0 Å². The highest BCUT2D eigenvalue weighted by molar-refractivity contribution is 7.13. The zero-order valence-corrected chi connectivity index (χ0v) is 10.9. The lowest BCUT2D eigenvalue weighted by atomic mass is 9.98. The first-order valence-electron chi connectivity index (χ1n) is 5.55. The number of hydrogen-bond acceptors (Lipinski definition) is 4. The Bertz CT molecular complexity index is 282. The van der Waals surface area contributed by atoms with Crippen LogP contribution in [0.25, 0.3) is 0 Å². The van der Waals surface area contributed by atoms with Gasteiger partial charge in [0.25, 0.3) is 0 Å². The van der Waals surface area contributed by atoms with E-state index in [4.69, 9.17) is 4.52 Å². The molecule has 1 unspecified atom stereocenters. The maximum atomic E-state index is 4.96. The Morgan fingerprint density at radius 3 is 2.40 bits per heavy atom. The Kier molecular flexibility index (Phi) is 5.20. The van der Waals surface area contributed by atoms with Gasteiger partial charge >= 0.3 is 0 Å². The quantitative estimate of drug-likeness (QED) is 0.693. The van der Waals surface area contributed by atoms with Crippen molar-refractivity contribution in [2.24, 2.45) is 0 Å². The third-order valence-electron chi connectivity index (χ3n) is 2.44. The van der Waals surface area contributed by atoms with Crippen molar-refractivity contribution in [2.75, 3.05) is 13.1 Å². The van der Waals surface area contributed by atoms with E-state index in [2.05, 4.69) is 24.2 Å². The molecule has 0 aromatic carbocycles. The van der Waals surface area contributed by atoms with Gasteiger partial charge in [-0.15, -0.1) is 0 Å². The van der Waals surface area contributed by atoms with E-state index in [1.165, 1.54) is 0 Å².